The van der Waals surface area contributed by atoms with E-state index in [4.69, 9.17) is 10.3 Å². The third kappa shape index (κ3) is 2.75. The number of ketones is 1. The second kappa shape index (κ2) is 6.35. The molecule has 0 bridgehead atoms. The maximum Gasteiger partial charge on any atom is 0.435 e. The fraction of sp³-hybridized carbons (Fsp3) is 0. The number of carbonyl (C=O) groups is 1. The fourth-order valence-corrected chi connectivity index (χ4v) is 2.42. The van der Waals surface area contributed by atoms with Gasteiger partial charge in [-0.25, -0.2) is 0 Å². The van der Waals surface area contributed by atoms with Crippen LogP contribution in [0, 0.1) is 10.1 Å². The summed E-state index contributed by atoms with van der Waals surface area (Å²) in [4.78, 5) is 23.0. The van der Waals surface area contributed by atoms with Crippen molar-refractivity contribution < 1.29 is 14.1 Å². The van der Waals surface area contributed by atoms with Crippen LogP contribution < -0.4 is 11.3 Å². The molecule has 0 aliphatic carbocycles. The SMILES string of the molecule is NNc1cc([N+](=O)[O-])oc1C(=O)c1ccccc1-c1ccccc1. The van der Waals surface area contributed by atoms with Crippen molar-refractivity contribution in [2.75, 3.05) is 5.43 Å². The summed E-state index contributed by atoms with van der Waals surface area (Å²) in [5.74, 6) is 4.10. The zero-order valence-corrected chi connectivity index (χ0v) is 12.4. The van der Waals surface area contributed by atoms with E-state index < -0.39 is 16.6 Å². The first kappa shape index (κ1) is 15.4. The molecule has 0 spiro atoms. The van der Waals surface area contributed by atoms with Crippen LogP contribution in [-0.2, 0) is 0 Å². The lowest BCUT2D eigenvalue weighted by molar-refractivity contribution is -0.402. The van der Waals surface area contributed by atoms with Crippen molar-refractivity contribution in [3.05, 3.63) is 82.1 Å². The van der Waals surface area contributed by atoms with Gasteiger partial charge in [-0.3, -0.25) is 20.8 Å². The maximum atomic E-state index is 12.8. The molecule has 1 aromatic heterocycles. The van der Waals surface area contributed by atoms with E-state index in [1.807, 2.05) is 36.4 Å². The largest absolute Gasteiger partial charge is 0.435 e. The Bertz CT molecular complexity index is 903. The molecule has 1 heterocycles. The number of carbonyl (C=O) groups excluding carboxylic acids is 1. The summed E-state index contributed by atoms with van der Waals surface area (Å²) in [5, 5.41) is 10.9. The van der Waals surface area contributed by atoms with Crippen molar-refractivity contribution in [2.24, 2.45) is 5.84 Å². The van der Waals surface area contributed by atoms with E-state index in [0.717, 1.165) is 11.6 Å². The van der Waals surface area contributed by atoms with Crippen molar-refractivity contribution in [2.45, 2.75) is 0 Å². The van der Waals surface area contributed by atoms with E-state index in [9.17, 15) is 14.9 Å². The highest BCUT2D eigenvalue weighted by molar-refractivity contribution is 6.14. The highest BCUT2D eigenvalue weighted by atomic mass is 16.6. The molecule has 24 heavy (non-hydrogen) atoms. The van der Waals surface area contributed by atoms with E-state index in [1.54, 1.807) is 18.2 Å². The first-order chi connectivity index (χ1) is 11.6. The third-order valence-electron chi connectivity index (χ3n) is 3.52. The Kier molecular flexibility index (Phi) is 4.09. The molecule has 3 rings (SSSR count). The van der Waals surface area contributed by atoms with Gasteiger partial charge in [0.1, 0.15) is 10.6 Å². The molecule has 3 aromatic rings. The van der Waals surface area contributed by atoms with Crippen LogP contribution >= 0.6 is 0 Å². The molecule has 120 valence electrons. The number of nitro groups is 1. The first-order valence-electron chi connectivity index (χ1n) is 7.06. The minimum Gasteiger partial charge on any atom is -0.395 e. The lowest BCUT2D eigenvalue weighted by Crippen LogP contribution is -2.11. The second-order valence-electron chi connectivity index (χ2n) is 4.97. The van der Waals surface area contributed by atoms with Crippen molar-refractivity contribution in [3.63, 3.8) is 0 Å². The summed E-state index contributed by atoms with van der Waals surface area (Å²) < 4.78 is 5.08. The Morgan fingerprint density at radius 3 is 2.42 bits per heavy atom. The summed E-state index contributed by atoms with van der Waals surface area (Å²) >= 11 is 0. The molecule has 2 aromatic carbocycles. The molecule has 0 saturated heterocycles. The van der Waals surface area contributed by atoms with Gasteiger partial charge in [-0.15, -0.1) is 0 Å². The number of nitrogens with two attached hydrogens (primary N) is 1. The number of hydrazine groups is 1. The number of anilines is 1. The van der Waals surface area contributed by atoms with Gasteiger partial charge >= 0.3 is 5.88 Å². The molecule has 0 atom stereocenters. The summed E-state index contributed by atoms with van der Waals surface area (Å²) in [5.41, 5.74) is 4.24. The summed E-state index contributed by atoms with van der Waals surface area (Å²) in [7, 11) is 0. The molecule has 7 nitrogen and oxygen atoms in total. The van der Waals surface area contributed by atoms with Crippen LogP contribution in [0.25, 0.3) is 11.1 Å². The van der Waals surface area contributed by atoms with Gasteiger partial charge in [0.05, 0.1) is 6.07 Å². The lowest BCUT2D eigenvalue weighted by Gasteiger charge is -2.08. The van der Waals surface area contributed by atoms with Gasteiger partial charge < -0.3 is 9.84 Å². The minimum absolute atomic E-state index is 0.0644. The van der Waals surface area contributed by atoms with Crippen LogP contribution in [0.2, 0.25) is 0 Å². The van der Waals surface area contributed by atoms with Gasteiger partial charge in [0.25, 0.3) is 0 Å². The summed E-state index contributed by atoms with van der Waals surface area (Å²) in [6.07, 6.45) is 0. The summed E-state index contributed by atoms with van der Waals surface area (Å²) in [6, 6.07) is 17.4. The van der Waals surface area contributed by atoms with E-state index in [0.29, 0.717) is 11.1 Å². The second-order valence-corrected chi connectivity index (χ2v) is 4.97. The molecule has 0 unspecified atom stereocenters. The van der Waals surface area contributed by atoms with Crippen LogP contribution in [0.5, 0.6) is 0 Å². The number of benzene rings is 2. The molecule has 3 N–H and O–H groups in total. The first-order valence-corrected chi connectivity index (χ1v) is 7.06. The number of nitrogens with zero attached hydrogens (tertiary/aromatic N) is 1. The van der Waals surface area contributed by atoms with E-state index in [2.05, 4.69) is 5.43 Å². The molecule has 0 amide bonds. The van der Waals surface area contributed by atoms with Crippen molar-refractivity contribution in [1.82, 2.24) is 0 Å². The van der Waals surface area contributed by atoms with Gasteiger partial charge in [0.15, 0.2) is 0 Å². The quantitative estimate of drug-likeness (QED) is 0.322. The Hall–Kier alpha value is -3.45. The van der Waals surface area contributed by atoms with Crippen molar-refractivity contribution >= 4 is 17.4 Å². The number of nitrogen functional groups attached to an aromatic ring is 1. The van der Waals surface area contributed by atoms with E-state index in [-0.39, 0.29) is 11.4 Å². The van der Waals surface area contributed by atoms with Gasteiger partial charge in [0.2, 0.25) is 11.5 Å². The van der Waals surface area contributed by atoms with Gasteiger partial charge in [-0.1, -0.05) is 54.6 Å². The Morgan fingerprint density at radius 1 is 1.08 bits per heavy atom. The molecule has 7 heteroatoms. The molecule has 0 aliphatic heterocycles. The molecule has 0 fully saturated rings. The molecular formula is C17H13N3O4. The smallest absolute Gasteiger partial charge is 0.395 e. The normalized spacial score (nSPS) is 10.4. The van der Waals surface area contributed by atoms with Crippen molar-refractivity contribution in [1.29, 1.82) is 0 Å². The lowest BCUT2D eigenvalue weighted by atomic mass is 9.96. The molecule has 0 saturated carbocycles. The Labute approximate surface area is 136 Å². The Morgan fingerprint density at radius 2 is 1.75 bits per heavy atom. The highest BCUT2D eigenvalue weighted by Gasteiger charge is 2.26. The Balaban J connectivity index is 2.11. The van der Waals surface area contributed by atoms with Crippen LogP contribution in [0.15, 0.2) is 65.1 Å². The average Bonchev–Trinajstić information content (AvgIpc) is 3.06. The number of nitrogens with one attached hydrogen (secondary N) is 1. The number of rotatable bonds is 5. The predicted molar refractivity (Wildman–Crippen MR) is 88.5 cm³/mol. The maximum absolute atomic E-state index is 12.8. The van der Waals surface area contributed by atoms with Gasteiger partial charge in [-0.05, 0) is 11.1 Å². The predicted octanol–water partition coefficient (Wildman–Crippen LogP) is 3.37. The van der Waals surface area contributed by atoms with Crippen LogP contribution in [0.3, 0.4) is 0 Å². The van der Waals surface area contributed by atoms with E-state index >= 15 is 0 Å². The fourth-order valence-electron chi connectivity index (χ4n) is 2.42. The minimum atomic E-state index is -0.722. The summed E-state index contributed by atoms with van der Waals surface area (Å²) in [6.45, 7) is 0. The topological polar surface area (TPSA) is 111 Å². The number of furan rings is 1. The molecule has 0 aliphatic rings. The third-order valence-corrected chi connectivity index (χ3v) is 3.52. The standard InChI is InChI=1S/C17H13N3O4/c18-19-14-10-15(20(22)23)24-17(14)16(21)13-9-5-4-8-12(13)11-6-2-1-3-7-11/h1-10,19H,18H2. The van der Waals surface area contributed by atoms with Crippen LogP contribution in [-0.4, -0.2) is 10.7 Å². The van der Waals surface area contributed by atoms with E-state index in [1.165, 1.54) is 0 Å². The zero-order chi connectivity index (χ0) is 17.1. The van der Waals surface area contributed by atoms with Gasteiger partial charge in [-0.2, -0.15) is 0 Å². The van der Waals surface area contributed by atoms with Crippen LogP contribution in [0.1, 0.15) is 16.1 Å². The molecule has 0 radical (unpaired) electrons. The van der Waals surface area contributed by atoms with Gasteiger partial charge in [0, 0.05) is 5.56 Å². The highest BCUT2D eigenvalue weighted by Crippen LogP contribution is 2.31. The zero-order valence-electron chi connectivity index (χ0n) is 12.4. The average molecular weight is 323 g/mol. The van der Waals surface area contributed by atoms with Crippen LogP contribution in [0.4, 0.5) is 11.6 Å². The number of hydrogen-bond donors (Lipinski definition) is 2. The monoisotopic (exact) mass is 323 g/mol. The molecular weight excluding hydrogens is 310 g/mol. The van der Waals surface area contributed by atoms with Crippen molar-refractivity contribution in [3.8, 4) is 11.1 Å². The number of hydrogen-bond acceptors (Lipinski definition) is 6.